The Balaban J connectivity index is 1.51. The molecule has 0 radical (unpaired) electrons. The van der Waals surface area contributed by atoms with Crippen LogP contribution in [0.1, 0.15) is 23.2 Å². The molecule has 0 aliphatic carbocycles. The number of nitrogens with one attached hydrogen (secondary N) is 1. The van der Waals surface area contributed by atoms with Gasteiger partial charge in [-0.3, -0.25) is 10.0 Å². The molecule has 8 nitrogen and oxygen atoms in total. The molecule has 2 aromatic heterocycles. The van der Waals surface area contributed by atoms with E-state index in [0.717, 1.165) is 22.2 Å². The number of hydroxylamine groups is 1. The van der Waals surface area contributed by atoms with Crippen molar-refractivity contribution in [2.24, 2.45) is 0 Å². The number of oxazole rings is 1. The number of fused-ring (bicyclic) bond motifs is 1. The van der Waals surface area contributed by atoms with Crippen LogP contribution in [0.3, 0.4) is 0 Å². The largest absolute Gasteiger partial charge is 0.438 e. The molecule has 1 atom stereocenters. The lowest BCUT2D eigenvalue weighted by atomic mass is 9.99. The van der Waals surface area contributed by atoms with Gasteiger partial charge in [-0.25, -0.2) is 15.1 Å². The lowest BCUT2D eigenvalue weighted by Gasteiger charge is -2.14. The lowest BCUT2D eigenvalue weighted by molar-refractivity contribution is -0.124. The zero-order chi connectivity index (χ0) is 23.3. The van der Waals surface area contributed by atoms with Crippen molar-refractivity contribution in [3.8, 4) is 11.1 Å². The number of carbonyl (C=O) groups is 1. The van der Waals surface area contributed by atoms with Crippen LogP contribution in [-0.4, -0.2) is 31.1 Å². The van der Waals surface area contributed by atoms with Gasteiger partial charge < -0.3 is 4.42 Å². The highest BCUT2D eigenvalue weighted by Gasteiger charge is 2.22. The van der Waals surface area contributed by atoms with Gasteiger partial charge in [0.05, 0.1) is 6.20 Å². The first-order valence-electron chi connectivity index (χ1n) is 10.7. The molecule has 8 heteroatoms. The number of carbonyl (C=O) groups excluding carboxylic acids is 1. The van der Waals surface area contributed by atoms with E-state index in [1.54, 1.807) is 16.4 Å². The molecule has 0 aliphatic heterocycles. The number of rotatable bonds is 7. The summed E-state index contributed by atoms with van der Waals surface area (Å²) in [6, 6.07) is 25.7. The van der Waals surface area contributed by atoms with Crippen molar-refractivity contribution in [3.05, 3.63) is 108 Å². The molecule has 3 aromatic carbocycles. The minimum absolute atomic E-state index is 0.361. The zero-order valence-corrected chi connectivity index (χ0v) is 18.1. The van der Waals surface area contributed by atoms with Crippen LogP contribution in [0.5, 0.6) is 0 Å². The van der Waals surface area contributed by atoms with Gasteiger partial charge in [-0.2, -0.15) is 0 Å². The normalized spacial score (nSPS) is 12.3. The quantitative estimate of drug-likeness (QED) is 0.215. The highest BCUT2D eigenvalue weighted by Crippen LogP contribution is 2.28. The Kier molecular flexibility index (Phi) is 5.96. The van der Waals surface area contributed by atoms with Gasteiger partial charge in [-0.15, -0.1) is 5.10 Å². The Morgan fingerprint density at radius 2 is 1.82 bits per heavy atom. The summed E-state index contributed by atoms with van der Waals surface area (Å²) in [5.41, 5.74) is 6.81. The number of para-hydroxylation sites is 2. The second kappa shape index (κ2) is 9.51. The predicted octanol–water partition coefficient (Wildman–Crippen LogP) is 4.44. The van der Waals surface area contributed by atoms with Gasteiger partial charge >= 0.3 is 0 Å². The van der Waals surface area contributed by atoms with E-state index in [1.165, 1.54) is 12.2 Å². The molecule has 1 amide bonds. The van der Waals surface area contributed by atoms with E-state index in [-0.39, 0.29) is 6.04 Å². The molecule has 1 unspecified atom stereocenters. The van der Waals surface area contributed by atoms with Gasteiger partial charge in [0, 0.05) is 12.5 Å². The van der Waals surface area contributed by atoms with Crippen molar-refractivity contribution in [1.29, 1.82) is 0 Å². The smallest absolute Gasteiger partial charge is 0.267 e. The maximum absolute atomic E-state index is 11.3. The molecule has 0 saturated heterocycles. The number of benzene rings is 3. The monoisotopic (exact) mass is 451 g/mol. The Hall–Kier alpha value is -4.56. The van der Waals surface area contributed by atoms with Gasteiger partial charge in [0.2, 0.25) is 5.89 Å². The van der Waals surface area contributed by atoms with E-state index in [4.69, 9.17) is 14.6 Å². The van der Waals surface area contributed by atoms with Crippen LogP contribution in [-0.2, 0) is 11.2 Å². The molecule has 0 spiro atoms. The first-order valence-corrected chi connectivity index (χ1v) is 10.7. The van der Waals surface area contributed by atoms with Crippen LogP contribution >= 0.6 is 0 Å². The molecule has 5 rings (SSSR count). The highest BCUT2D eigenvalue weighted by atomic mass is 16.5. The second-order valence-electron chi connectivity index (χ2n) is 7.74. The van der Waals surface area contributed by atoms with E-state index < -0.39 is 5.91 Å². The fraction of sp³-hybridized carbons (Fsp3) is 0.0769. The molecule has 168 valence electrons. The standard InChI is InChI=1S/C26H21N5O3/c32-25(29-33)14-13-21-17-31(30-28-21)23(26-27-22-11-4-5-12-24(22)34-26)16-18-7-6-10-20(15-18)19-8-2-1-3-9-19/h1-15,17,23,33H,16H2,(H,29,32). The number of hydrogen-bond acceptors (Lipinski definition) is 6. The van der Waals surface area contributed by atoms with Crippen molar-refractivity contribution in [3.63, 3.8) is 0 Å². The minimum Gasteiger partial charge on any atom is -0.438 e. The van der Waals surface area contributed by atoms with Crippen LogP contribution in [0.2, 0.25) is 0 Å². The summed E-state index contributed by atoms with van der Waals surface area (Å²) < 4.78 is 7.76. The minimum atomic E-state index is -0.650. The number of amides is 1. The molecule has 34 heavy (non-hydrogen) atoms. The molecule has 0 aliphatic rings. The molecule has 2 N–H and O–H groups in total. The number of hydrogen-bond donors (Lipinski definition) is 2. The van der Waals surface area contributed by atoms with Crippen molar-refractivity contribution in [2.75, 3.05) is 0 Å². The molecule has 0 saturated carbocycles. The van der Waals surface area contributed by atoms with Gasteiger partial charge in [0.15, 0.2) is 5.58 Å². The Morgan fingerprint density at radius 3 is 2.65 bits per heavy atom. The molecule has 5 aromatic rings. The third-order valence-electron chi connectivity index (χ3n) is 5.42. The van der Waals surface area contributed by atoms with Crippen molar-refractivity contribution < 1.29 is 14.4 Å². The first-order chi connectivity index (χ1) is 16.7. The fourth-order valence-corrected chi connectivity index (χ4v) is 3.78. The Bertz CT molecular complexity index is 1420. The van der Waals surface area contributed by atoms with Gasteiger partial charge in [-0.1, -0.05) is 71.9 Å². The summed E-state index contributed by atoms with van der Waals surface area (Å²) in [6.45, 7) is 0. The summed E-state index contributed by atoms with van der Waals surface area (Å²) in [5, 5.41) is 17.1. The third-order valence-corrected chi connectivity index (χ3v) is 5.42. The Morgan fingerprint density at radius 1 is 1.03 bits per heavy atom. The predicted molar refractivity (Wildman–Crippen MR) is 127 cm³/mol. The summed E-state index contributed by atoms with van der Waals surface area (Å²) in [6.07, 6.45) is 4.92. The van der Waals surface area contributed by atoms with Crippen molar-refractivity contribution >= 4 is 23.1 Å². The molecule has 2 heterocycles. The van der Waals surface area contributed by atoms with Crippen LogP contribution in [0.25, 0.3) is 28.3 Å². The van der Waals surface area contributed by atoms with Crippen molar-refractivity contribution in [2.45, 2.75) is 12.5 Å². The molecular formula is C26H21N5O3. The van der Waals surface area contributed by atoms with Crippen molar-refractivity contribution in [1.82, 2.24) is 25.5 Å². The van der Waals surface area contributed by atoms with Crippen LogP contribution in [0.15, 0.2) is 95.6 Å². The van der Waals surface area contributed by atoms with E-state index in [0.29, 0.717) is 23.6 Å². The molecular weight excluding hydrogens is 430 g/mol. The first kappa shape index (κ1) is 21.3. The molecule has 0 fully saturated rings. The average Bonchev–Trinajstić information content (AvgIpc) is 3.54. The SMILES string of the molecule is O=C(C=Cc1cn(C(Cc2cccc(-c3ccccc3)c2)c2nc3ccccc3o2)nn1)NO. The number of aromatic nitrogens is 4. The van der Waals surface area contributed by atoms with Gasteiger partial charge in [0.1, 0.15) is 17.3 Å². The fourth-order valence-electron chi connectivity index (χ4n) is 3.78. The summed E-state index contributed by atoms with van der Waals surface area (Å²) in [7, 11) is 0. The summed E-state index contributed by atoms with van der Waals surface area (Å²) in [4.78, 5) is 16.0. The maximum Gasteiger partial charge on any atom is 0.267 e. The van der Waals surface area contributed by atoms with E-state index in [1.807, 2.05) is 48.5 Å². The maximum atomic E-state index is 11.3. The zero-order valence-electron chi connectivity index (χ0n) is 18.1. The number of nitrogens with zero attached hydrogens (tertiary/aromatic N) is 4. The lowest BCUT2D eigenvalue weighted by Crippen LogP contribution is -2.15. The topological polar surface area (TPSA) is 106 Å². The molecule has 0 bridgehead atoms. The summed E-state index contributed by atoms with van der Waals surface area (Å²) >= 11 is 0. The van der Waals surface area contributed by atoms with Crippen LogP contribution in [0, 0.1) is 0 Å². The second-order valence-corrected chi connectivity index (χ2v) is 7.74. The van der Waals surface area contributed by atoms with Crippen LogP contribution in [0.4, 0.5) is 0 Å². The highest BCUT2D eigenvalue weighted by molar-refractivity contribution is 5.90. The van der Waals surface area contributed by atoms with Crippen LogP contribution < -0.4 is 5.48 Å². The van der Waals surface area contributed by atoms with E-state index >= 15 is 0 Å². The van der Waals surface area contributed by atoms with Gasteiger partial charge in [-0.05, 0) is 34.9 Å². The van der Waals surface area contributed by atoms with E-state index in [9.17, 15) is 4.79 Å². The van der Waals surface area contributed by atoms with E-state index in [2.05, 4.69) is 40.6 Å². The average molecular weight is 451 g/mol. The summed E-state index contributed by atoms with van der Waals surface area (Å²) in [5.74, 6) is -0.136. The van der Waals surface area contributed by atoms with Gasteiger partial charge in [0.25, 0.3) is 5.91 Å². The Labute approximate surface area is 195 Å². The third kappa shape index (κ3) is 4.62.